The predicted molar refractivity (Wildman–Crippen MR) is 119 cm³/mol. The molecule has 3 rings (SSSR count). The van der Waals surface area contributed by atoms with Crippen LogP contribution in [0, 0.1) is 5.92 Å². The van der Waals surface area contributed by atoms with Gasteiger partial charge in [0.25, 0.3) is 0 Å². The molecule has 1 aliphatic rings. The van der Waals surface area contributed by atoms with Crippen LogP contribution in [-0.2, 0) is 4.74 Å². The summed E-state index contributed by atoms with van der Waals surface area (Å²) < 4.78 is 16.8. The molecule has 0 heterocycles. The highest BCUT2D eigenvalue weighted by Gasteiger charge is 2.22. The average molecular weight is 414 g/mol. The molecule has 1 aliphatic carbocycles. The van der Waals surface area contributed by atoms with Crippen molar-refractivity contribution < 1.29 is 19.3 Å². The van der Waals surface area contributed by atoms with Crippen LogP contribution in [-0.4, -0.2) is 44.6 Å². The van der Waals surface area contributed by atoms with Crippen molar-refractivity contribution >= 4 is 0 Å². The second-order valence-electron chi connectivity index (χ2n) is 8.19. The summed E-state index contributed by atoms with van der Waals surface area (Å²) >= 11 is 0. The zero-order valence-corrected chi connectivity index (χ0v) is 18.3. The van der Waals surface area contributed by atoms with Crippen LogP contribution in [0.5, 0.6) is 11.5 Å². The topological polar surface area (TPSA) is 60.0 Å². The molecular weight excluding hydrogens is 378 g/mol. The highest BCUT2D eigenvalue weighted by atomic mass is 16.5. The average Bonchev–Trinajstić information content (AvgIpc) is 2.79. The van der Waals surface area contributed by atoms with Gasteiger partial charge >= 0.3 is 0 Å². The summed E-state index contributed by atoms with van der Waals surface area (Å²) in [6.07, 6.45) is 4.21. The van der Waals surface area contributed by atoms with E-state index in [0.717, 1.165) is 22.6 Å². The van der Waals surface area contributed by atoms with Crippen LogP contribution in [0.25, 0.3) is 0 Å². The van der Waals surface area contributed by atoms with Gasteiger partial charge in [-0.25, -0.2) is 0 Å². The number of rotatable bonds is 10. The molecule has 1 fully saturated rings. The summed E-state index contributed by atoms with van der Waals surface area (Å²) in [6, 6.07) is 16.2. The van der Waals surface area contributed by atoms with E-state index in [0.29, 0.717) is 18.5 Å². The highest BCUT2D eigenvalue weighted by molar-refractivity contribution is 5.36. The number of nitrogens with one attached hydrogen (secondary N) is 1. The molecule has 3 atom stereocenters. The van der Waals surface area contributed by atoms with Crippen LogP contribution in [0.2, 0.25) is 0 Å². The van der Waals surface area contributed by atoms with Gasteiger partial charge in [-0.2, -0.15) is 0 Å². The number of aliphatic hydroxyl groups is 1. The van der Waals surface area contributed by atoms with E-state index in [4.69, 9.17) is 14.2 Å². The normalized spacial score (nSPS) is 20.2. The van der Waals surface area contributed by atoms with Gasteiger partial charge in [0, 0.05) is 12.6 Å². The Balaban J connectivity index is 1.63. The zero-order chi connectivity index (χ0) is 21.3. The van der Waals surface area contributed by atoms with Crippen LogP contribution >= 0.6 is 0 Å². The van der Waals surface area contributed by atoms with Crippen LogP contribution in [0.3, 0.4) is 0 Å². The second-order valence-corrected chi connectivity index (χ2v) is 8.19. The molecule has 0 amide bonds. The van der Waals surface area contributed by atoms with Crippen LogP contribution in [0.15, 0.2) is 48.5 Å². The minimum absolute atomic E-state index is 0.261. The van der Waals surface area contributed by atoms with E-state index in [9.17, 15) is 5.11 Å². The third-order valence-electron chi connectivity index (χ3n) is 6.02. The lowest BCUT2D eigenvalue weighted by Gasteiger charge is -2.30. The fraction of sp³-hybridized carbons (Fsp3) is 0.520. The minimum Gasteiger partial charge on any atom is -0.497 e. The number of aliphatic hydroxyl groups excluding tert-OH is 1. The lowest BCUT2D eigenvalue weighted by molar-refractivity contribution is 0.00444. The fourth-order valence-corrected chi connectivity index (χ4v) is 4.12. The Kier molecular flexibility index (Phi) is 8.55. The molecular formula is C25H35NO4. The van der Waals surface area contributed by atoms with Gasteiger partial charge in [0.2, 0.25) is 0 Å². The predicted octanol–water partition coefficient (Wildman–Crippen LogP) is 4.34. The minimum atomic E-state index is -0.557. The molecule has 0 saturated heterocycles. The molecule has 0 aromatic heterocycles. The van der Waals surface area contributed by atoms with Gasteiger partial charge in [-0.1, -0.05) is 44.0 Å². The van der Waals surface area contributed by atoms with Crippen LogP contribution in [0.1, 0.15) is 49.8 Å². The molecule has 2 aromatic rings. The summed E-state index contributed by atoms with van der Waals surface area (Å²) in [5.41, 5.74) is 2.03. The maximum atomic E-state index is 10.5. The van der Waals surface area contributed by atoms with Crippen molar-refractivity contribution in [3.63, 3.8) is 0 Å². The third kappa shape index (κ3) is 6.21. The number of hydrogen-bond acceptors (Lipinski definition) is 5. The van der Waals surface area contributed by atoms with E-state index in [1.807, 2.05) is 48.5 Å². The Morgan fingerprint density at radius 1 is 0.900 bits per heavy atom. The first-order valence-electron chi connectivity index (χ1n) is 10.9. The van der Waals surface area contributed by atoms with E-state index in [1.54, 1.807) is 14.2 Å². The van der Waals surface area contributed by atoms with Gasteiger partial charge in [0.1, 0.15) is 17.6 Å². The molecule has 0 aliphatic heterocycles. The SMILES string of the molecule is COc1ccc(C(OC[C@H](O)CN[C@H]2CCCC[C@H]2C)c2ccc(OC)cc2)cc1. The molecule has 1 saturated carbocycles. The van der Waals surface area contributed by atoms with Crippen LogP contribution in [0.4, 0.5) is 0 Å². The Morgan fingerprint density at radius 3 is 1.93 bits per heavy atom. The van der Waals surface area contributed by atoms with Crippen molar-refractivity contribution in [3.8, 4) is 11.5 Å². The summed E-state index contributed by atoms with van der Waals surface area (Å²) in [6.45, 7) is 3.10. The Labute approximate surface area is 180 Å². The molecule has 164 valence electrons. The first-order valence-corrected chi connectivity index (χ1v) is 10.9. The monoisotopic (exact) mass is 413 g/mol. The Morgan fingerprint density at radius 2 is 1.43 bits per heavy atom. The smallest absolute Gasteiger partial charge is 0.118 e. The van der Waals surface area contributed by atoms with Gasteiger partial charge in [0.15, 0.2) is 0 Å². The standard InChI is InChI=1S/C25H35NO4/c1-18-6-4-5-7-24(18)26-16-21(27)17-30-25(19-8-12-22(28-2)13-9-19)20-10-14-23(29-3)15-11-20/h8-15,18,21,24-27H,4-7,16-17H2,1-3H3/t18-,21-,24+/m1/s1. The van der Waals surface area contributed by atoms with E-state index in [2.05, 4.69) is 12.2 Å². The summed E-state index contributed by atoms with van der Waals surface area (Å²) in [4.78, 5) is 0. The fourth-order valence-electron chi connectivity index (χ4n) is 4.12. The van der Waals surface area contributed by atoms with Crippen molar-refractivity contribution in [2.45, 2.75) is 50.9 Å². The summed E-state index contributed by atoms with van der Waals surface area (Å²) in [7, 11) is 3.31. The number of methoxy groups -OCH3 is 2. The first kappa shape index (κ1) is 22.6. The van der Waals surface area contributed by atoms with Gasteiger partial charge in [0.05, 0.1) is 26.9 Å². The third-order valence-corrected chi connectivity index (χ3v) is 6.02. The quantitative estimate of drug-likeness (QED) is 0.607. The first-order chi connectivity index (χ1) is 14.6. The zero-order valence-electron chi connectivity index (χ0n) is 18.3. The van der Waals surface area contributed by atoms with E-state index >= 15 is 0 Å². The molecule has 0 unspecified atom stereocenters. The molecule has 0 bridgehead atoms. The van der Waals surface area contributed by atoms with Crippen LogP contribution < -0.4 is 14.8 Å². The van der Waals surface area contributed by atoms with Gasteiger partial charge in [-0.15, -0.1) is 0 Å². The highest BCUT2D eigenvalue weighted by Crippen LogP contribution is 2.29. The number of benzene rings is 2. The van der Waals surface area contributed by atoms with Gasteiger partial charge in [-0.3, -0.25) is 0 Å². The molecule has 5 heteroatoms. The summed E-state index contributed by atoms with van der Waals surface area (Å²) in [5, 5.41) is 14.1. The van der Waals surface area contributed by atoms with Crippen molar-refractivity contribution in [2.75, 3.05) is 27.4 Å². The Bertz CT molecular complexity index is 699. The molecule has 2 N–H and O–H groups in total. The van der Waals surface area contributed by atoms with E-state index in [-0.39, 0.29) is 12.7 Å². The maximum absolute atomic E-state index is 10.5. The maximum Gasteiger partial charge on any atom is 0.118 e. The lowest BCUT2D eigenvalue weighted by atomic mass is 9.86. The molecule has 0 spiro atoms. The van der Waals surface area contributed by atoms with Gasteiger partial charge < -0.3 is 24.6 Å². The molecule has 30 heavy (non-hydrogen) atoms. The molecule has 0 radical (unpaired) electrons. The largest absolute Gasteiger partial charge is 0.497 e. The van der Waals surface area contributed by atoms with E-state index in [1.165, 1.54) is 25.7 Å². The van der Waals surface area contributed by atoms with Crippen molar-refractivity contribution in [1.29, 1.82) is 0 Å². The van der Waals surface area contributed by atoms with Crippen molar-refractivity contribution in [3.05, 3.63) is 59.7 Å². The molecule has 2 aromatic carbocycles. The van der Waals surface area contributed by atoms with E-state index < -0.39 is 6.10 Å². The van der Waals surface area contributed by atoms with Crippen molar-refractivity contribution in [2.24, 2.45) is 5.92 Å². The Hall–Kier alpha value is -2.08. The second kappa shape index (κ2) is 11.3. The lowest BCUT2D eigenvalue weighted by Crippen LogP contribution is -2.42. The molecule has 5 nitrogen and oxygen atoms in total. The number of ether oxygens (including phenoxy) is 3. The van der Waals surface area contributed by atoms with Crippen molar-refractivity contribution in [1.82, 2.24) is 5.32 Å². The summed E-state index contributed by atoms with van der Waals surface area (Å²) in [5.74, 6) is 2.27. The van der Waals surface area contributed by atoms with Gasteiger partial charge in [-0.05, 0) is 54.2 Å². The number of hydrogen-bond donors (Lipinski definition) is 2.